The van der Waals surface area contributed by atoms with Gasteiger partial charge in [-0.2, -0.15) is 8.78 Å². The molecule has 0 saturated carbocycles. The third-order valence-electron chi connectivity index (χ3n) is 0.454. The van der Waals surface area contributed by atoms with Crippen LogP contribution in [0.5, 0.6) is 0 Å². The molecule has 0 aromatic carbocycles. The van der Waals surface area contributed by atoms with Crippen molar-refractivity contribution in [3.63, 3.8) is 0 Å². The lowest BCUT2D eigenvalue weighted by atomic mass is 10.8. The molecule has 0 bridgehead atoms. The van der Waals surface area contributed by atoms with Gasteiger partial charge in [-0.25, -0.2) is 4.39 Å². The highest BCUT2D eigenvalue weighted by atomic mass is 32.2. The molecular formula is C3H5F3S. The Morgan fingerprint density at radius 2 is 2.00 bits per heavy atom. The van der Waals surface area contributed by atoms with Crippen LogP contribution in [0.4, 0.5) is 13.2 Å². The second-order valence-corrected chi connectivity index (χ2v) is 1.98. The molecule has 0 aromatic heterocycles. The molecule has 0 rings (SSSR count). The summed E-state index contributed by atoms with van der Waals surface area (Å²) in [5, 5.41) is -3.17. The second-order valence-electron chi connectivity index (χ2n) is 0.975. The molecule has 0 unspecified atom stereocenters. The molecule has 0 N–H and O–H groups in total. The molecule has 0 aromatic rings. The smallest absolute Gasteiger partial charge is 0.243 e. The zero-order valence-corrected chi connectivity index (χ0v) is 4.57. The van der Waals surface area contributed by atoms with Crippen molar-refractivity contribution in [1.29, 1.82) is 0 Å². The Kier molecular flexibility index (Phi) is 2.50. The van der Waals surface area contributed by atoms with Crippen molar-refractivity contribution in [2.45, 2.75) is 5.25 Å². The molecule has 0 spiro atoms. The molecule has 0 amide bonds. The van der Waals surface area contributed by atoms with Crippen LogP contribution in [0.3, 0.4) is 0 Å². The van der Waals surface area contributed by atoms with Gasteiger partial charge in [0.2, 0.25) is 0 Å². The number of thioether (sulfide) groups is 1. The lowest BCUT2D eigenvalue weighted by Crippen LogP contribution is -2.11. The Balaban J connectivity index is 3.36. The summed E-state index contributed by atoms with van der Waals surface area (Å²) < 4.78 is 33.9. The Morgan fingerprint density at radius 1 is 1.57 bits per heavy atom. The third-order valence-corrected chi connectivity index (χ3v) is 1.16. The Labute approximate surface area is 44.1 Å². The van der Waals surface area contributed by atoms with E-state index >= 15 is 0 Å². The normalized spacial score (nSPS) is 12.0. The predicted octanol–water partition coefficient (Wildman–Crippen LogP) is 1.91. The second kappa shape index (κ2) is 2.45. The van der Waals surface area contributed by atoms with Gasteiger partial charge in [-0.15, -0.1) is 0 Å². The highest BCUT2D eigenvalue weighted by Crippen LogP contribution is 2.25. The summed E-state index contributed by atoms with van der Waals surface area (Å²) in [6.45, 7) is -1.58. The van der Waals surface area contributed by atoms with E-state index in [0.29, 0.717) is 0 Å². The van der Waals surface area contributed by atoms with Crippen molar-refractivity contribution in [2.75, 3.05) is 12.9 Å². The Bertz CT molecular complexity index is 48.1. The van der Waals surface area contributed by atoms with E-state index < -0.39 is 11.9 Å². The van der Waals surface area contributed by atoms with E-state index in [1.54, 1.807) is 0 Å². The van der Waals surface area contributed by atoms with Gasteiger partial charge in [0.15, 0.2) is 6.67 Å². The fourth-order valence-corrected chi connectivity index (χ4v) is 0.164. The molecule has 0 radical (unpaired) electrons. The molecule has 0 saturated heterocycles. The fraction of sp³-hybridized carbons (Fsp3) is 1.00. The predicted molar refractivity (Wildman–Crippen MR) is 24.4 cm³/mol. The molecule has 0 fully saturated rings. The molecule has 0 heterocycles. The number of rotatable bonds is 2. The van der Waals surface area contributed by atoms with Gasteiger partial charge >= 0.3 is 5.25 Å². The first kappa shape index (κ1) is 7.14. The minimum atomic E-state index is -3.17. The summed E-state index contributed by atoms with van der Waals surface area (Å²) in [7, 11) is 0. The van der Waals surface area contributed by atoms with Crippen molar-refractivity contribution >= 4 is 11.8 Å². The quantitative estimate of drug-likeness (QED) is 0.550. The summed E-state index contributed by atoms with van der Waals surface area (Å²) in [6, 6.07) is 0. The van der Waals surface area contributed by atoms with Crippen molar-refractivity contribution in [3.8, 4) is 0 Å². The maximum absolute atomic E-state index is 11.5. The Hall–Kier alpha value is 0.140. The van der Waals surface area contributed by atoms with Crippen LogP contribution in [0.1, 0.15) is 0 Å². The average Bonchev–Trinajstić information content (AvgIpc) is 1.68. The van der Waals surface area contributed by atoms with Gasteiger partial charge in [-0.1, -0.05) is 11.8 Å². The highest BCUT2D eigenvalue weighted by Gasteiger charge is 2.26. The van der Waals surface area contributed by atoms with Crippen molar-refractivity contribution in [2.24, 2.45) is 0 Å². The van der Waals surface area contributed by atoms with Crippen LogP contribution in [0.2, 0.25) is 0 Å². The van der Waals surface area contributed by atoms with Crippen molar-refractivity contribution in [3.05, 3.63) is 0 Å². The minimum Gasteiger partial charge on any atom is -0.243 e. The third kappa shape index (κ3) is 2.79. The summed E-state index contributed by atoms with van der Waals surface area (Å²) in [5.41, 5.74) is 0. The zero-order valence-electron chi connectivity index (χ0n) is 3.75. The van der Waals surface area contributed by atoms with Gasteiger partial charge in [0.25, 0.3) is 0 Å². The number of alkyl halides is 3. The Morgan fingerprint density at radius 3 is 2.00 bits per heavy atom. The van der Waals surface area contributed by atoms with Crippen LogP contribution in [0, 0.1) is 0 Å². The van der Waals surface area contributed by atoms with Gasteiger partial charge in [0.05, 0.1) is 0 Å². The van der Waals surface area contributed by atoms with Gasteiger partial charge in [-0.05, 0) is 6.26 Å². The van der Waals surface area contributed by atoms with Crippen LogP contribution < -0.4 is 0 Å². The largest absolute Gasteiger partial charge is 0.321 e. The molecule has 7 heavy (non-hydrogen) atoms. The summed E-state index contributed by atoms with van der Waals surface area (Å²) in [6.07, 6.45) is 1.17. The van der Waals surface area contributed by atoms with Gasteiger partial charge in [0.1, 0.15) is 0 Å². The van der Waals surface area contributed by atoms with Crippen molar-refractivity contribution < 1.29 is 13.2 Å². The first-order chi connectivity index (χ1) is 3.12. The fourth-order valence-electron chi connectivity index (χ4n) is 0.0546. The van der Waals surface area contributed by atoms with Crippen LogP contribution in [-0.2, 0) is 0 Å². The standard InChI is InChI=1S/C3H5F3S/c1-7-3(5,6)2-4/h2H2,1H3. The SMILES string of the molecule is CSC(F)(F)CF. The maximum atomic E-state index is 11.5. The van der Waals surface area contributed by atoms with Crippen molar-refractivity contribution in [1.82, 2.24) is 0 Å². The van der Waals surface area contributed by atoms with Gasteiger partial charge in [-0.3, -0.25) is 0 Å². The summed E-state index contributed by atoms with van der Waals surface area (Å²) in [5.74, 6) is 0. The molecule has 0 aliphatic rings. The van der Waals surface area contributed by atoms with Crippen LogP contribution >= 0.6 is 11.8 Å². The number of hydrogen-bond donors (Lipinski definition) is 0. The molecular weight excluding hydrogens is 125 g/mol. The lowest BCUT2D eigenvalue weighted by Gasteiger charge is -2.04. The van der Waals surface area contributed by atoms with E-state index in [1.807, 2.05) is 0 Å². The maximum Gasteiger partial charge on any atom is 0.321 e. The average molecular weight is 130 g/mol. The van der Waals surface area contributed by atoms with Crippen LogP contribution in [0.25, 0.3) is 0 Å². The van der Waals surface area contributed by atoms with E-state index in [-0.39, 0.29) is 11.8 Å². The summed E-state index contributed by atoms with van der Waals surface area (Å²) in [4.78, 5) is 0. The monoisotopic (exact) mass is 130 g/mol. The molecule has 4 heteroatoms. The first-order valence-corrected chi connectivity index (χ1v) is 2.84. The molecule has 44 valence electrons. The topological polar surface area (TPSA) is 0 Å². The van der Waals surface area contributed by atoms with E-state index in [1.165, 1.54) is 6.26 Å². The van der Waals surface area contributed by atoms with E-state index in [4.69, 9.17) is 0 Å². The van der Waals surface area contributed by atoms with Gasteiger partial charge in [0, 0.05) is 0 Å². The first-order valence-electron chi connectivity index (χ1n) is 1.61. The molecule has 0 aliphatic heterocycles. The minimum absolute atomic E-state index is 0.219. The number of hydrogen-bond acceptors (Lipinski definition) is 1. The van der Waals surface area contributed by atoms with E-state index in [9.17, 15) is 13.2 Å². The van der Waals surface area contributed by atoms with Crippen LogP contribution in [-0.4, -0.2) is 18.2 Å². The molecule has 0 nitrogen and oxygen atoms in total. The number of halogens is 3. The summed E-state index contributed by atoms with van der Waals surface area (Å²) >= 11 is 0.219. The molecule has 0 aliphatic carbocycles. The van der Waals surface area contributed by atoms with E-state index in [2.05, 4.69) is 0 Å². The van der Waals surface area contributed by atoms with Gasteiger partial charge < -0.3 is 0 Å². The lowest BCUT2D eigenvalue weighted by molar-refractivity contribution is 0.0746. The highest BCUT2D eigenvalue weighted by molar-refractivity contribution is 7.99. The molecule has 0 atom stereocenters. The van der Waals surface area contributed by atoms with Crippen LogP contribution in [0.15, 0.2) is 0 Å². The zero-order chi connectivity index (χ0) is 5.91. The van der Waals surface area contributed by atoms with E-state index in [0.717, 1.165) is 0 Å².